The minimum absolute atomic E-state index is 0.111. The zero-order valence-electron chi connectivity index (χ0n) is 13.6. The Hall–Kier alpha value is -2.96. The Morgan fingerprint density at radius 1 is 1.09 bits per heavy atom. The van der Waals surface area contributed by atoms with Crippen LogP contribution in [0.2, 0.25) is 0 Å². The summed E-state index contributed by atoms with van der Waals surface area (Å²) in [4.78, 5) is 27.4. The predicted octanol–water partition coefficient (Wildman–Crippen LogP) is 1.85. The van der Waals surface area contributed by atoms with Crippen LogP contribution in [-0.2, 0) is 4.79 Å². The highest BCUT2D eigenvalue weighted by molar-refractivity contribution is 5.91. The molecule has 0 unspecified atom stereocenters. The normalized spacial score (nSPS) is 11.7. The third kappa shape index (κ3) is 3.63. The fourth-order valence-corrected chi connectivity index (χ4v) is 2.03. The van der Waals surface area contributed by atoms with Crippen molar-refractivity contribution in [1.29, 1.82) is 0 Å². The van der Waals surface area contributed by atoms with Gasteiger partial charge in [0.1, 0.15) is 12.0 Å². The zero-order valence-corrected chi connectivity index (χ0v) is 13.6. The smallest absolute Gasteiger partial charge is 0.354 e. The van der Waals surface area contributed by atoms with Crippen LogP contribution in [0, 0.1) is 0 Å². The average molecular weight is 313 g/mol. The van der Waals surface area contributed by atoms with Gasteiger partial charge >= 0.3 is 5.97 Å². The Morgan fingerprint density at radius 3 is 2.30 bits per heavy atom. The molecule has 0 aliphatic heterocycles. The van der Waals surface area contributed by atoms with Crippen molar-refractivity contribution in [2.45, 2.75) is 6.92 Å². The van der Waals surface area contributed by atoms with E-state index in [0.717, 1.165) is 5.56 Å². The molecule has 1 aromatic carbocycles. The minimum Gasteiger partial charge on any atom is -0.477 e. The van der Waals surface area contributed by atoms with Crippen LogP contribution in [0.25, 0.3) is 11.4 Å². The average Bonchev–Trinajstić information content (AvgIpc) is 2.55. The van der Waals surface area contributed by atoms with Crippen LogP contribution in [-0.4, -0.2) is 52.1 Å². The van der Waals surface area contributed by atoms with Crippen LogP contribution in [0.4, 0.5) is 5.95 Å². The first-order chi connectivity index (χ1) is 10.9. The fourth-order valence-electron chi connectivity index (χ4n) is 2.03. The van der Waals surface area contributed by atoms with Gasteiger partial charge in [0.15, 0.2) is 5.82 Å². The molecule has 2 rings (SSSR count). The number of nitrogens with zero attached hydrogens (tertiary/aromatic N) is 5. The molecule has 2 aromatic rings. The number of rotatable bonds is 5. The molecule has 0 atom stereocenters. The lowest BCUT2D eigenvalue weighted by molar-refractivity contribution is -0.132. The van der Waals surface area contributed by atoms with Crippen molar-refractivity contribution in [3.8, 4) is 11.4 Å². The number of carboxylic acid groups (broad SMARTS) is 1. The van der Waals surface area contributed by atoms with Gasteiger partial charge in [0.2, 0.25) is 5.95 Å². The van der Waals surface area contributed by atoms with Crippen LogP contribution in [0.1, 0.15) is 6.92 Å². The van der Waals surface area contributed by atoms with Gasteiger partial charge in [0, 0.05) is 32.4 Å². The van der Waals surface area contributed by atoms with Gasteiger partial charge in [-0.05, 0) is 6.92 Å². The van der Waals surface area contributed by atoms with E-state index in [1.54, 1.807) is 33.0 Å². The lowest BCUT2D eigenvalue weighted by atomic mass is 10.2. The zero-order chi connectivity index (χ0) is 17.0. The van der Waals surface area contributed by atoms with E-state index >= 15 is 0 Å². The lowest BCUT2D eigenvalue weighted by Gasteiger charge is -2.23. The van der Waals surface area contributed by atoms with Crippen molar-refractivity contribution < 1.29 is 9.90 Å². The van der Waals surface area contributed by atoms with E-state index in [9.17, 15) is 9.90 Å². The molecule has 0 aliphatic carbocycles. The topological polar surface area (TPSA) is 82.4 Å². The molecule has 7 nitrogen and oxygen atoms in total. The van der Waals surface area contributed by atoms with Gasteiger partial charge in [-0.25, -0.2) is 14.8 Å². The first-order valence-corrected chi connectivity index (χ1v) is 7.01. The molecule has 0 aliphatic rings. The molecule has 0 radical (unpaired) electrons. The monoisotopic (exact) mass is 313 g/mol. The van der Waals surface area contributed by atoms with Gasteiger partial charge in [0.25, 0.3) is 0 Å². The molecule has 0 spiro atoms. The first-order valence-electron chi connectivity index (χ1n) is 7.01. The number of hydrogen-bond acceptors (Lipinski definition) is 6. The summed E-state index contributed by atoms with van der Waals surface area (Å²) in [6, 6.07) is 9.46. The number of anilines is 1. The highest BCUT2D eigenvalue weighted by Crippen LogP contribution is 2.19. The molecule has 0 saturated carbocycles. The van der Waals surface area contributed by atoms with E-state index in [-0.39, 0.29) is 11.6 Å². The van der Waals surface area contributed by atoms with Crippen molar-refractivity contribution in [2.75, 3.05) is 26.0 Å². The third-order valence-electron chi connectivity index (χ3n) is 3.44. The number of allylic oxidation sites excluding steroid dienone is 1. The summed E-state index contributed by atoms with van der Waals surface area (Å²) in [5, 5.41) is 9.51. The number of carbonyl (C=O) groups is 1. The second kappa shape index (κ2) is 6.87. The number of likely N-dealkylation sites (N-methyl/N-ethyl adjacent to an activating group) is 1. The summed E-state index contributed by atoms with van der Waals surface area (Å²) in [7, 11) is 5.20. The van der Waals surface area contributed by atoms with E-state index < -0.39 is 5.97 Å². The second-order valence-corrected chi connectivity index (χ2v) is 5.17. The molecule has 0 amide bonds. The molecular formula is C16H19N5O2. The van der Waals surface area contributed by atoms with Crippen LogP contribution >= 0.6 is 0 Å². The fraction of sp³-hybridized carbons (Fsp3) is 0.250. The van der Waals surface area contributed by atoms with Crippen LogP contribution in [0.3, 0.4) is 0 Å². The Labute approximate surface area is 134 Å². The molecule has 23 heavy (non-hydrogen) atoms. The molecule has 7 heteroatoms. The maximum absolute atomic E-state index is 11.6. The molecule has 0 saturated heterocycles. The SMILES string of the molecule is CC(=C(C(=O)O)N(C)c1ncnc(-c2ccccc2)n1)N(C)C. The summed E-state index contributed by atoms with van der Waals surface area (Å²) in [6.07, 6.45) is 1.38. The minimum atomic E-state index is -1.04. The Kier molecular flexibility index (Phi) is 4.90. The summed E-state index contributed by atoms with van der Waals surface area (Å²) >= 11 is 0. The number of carboxylic acids is 1. The number of benzene rings is 1. The van der Waals surface area contributed by atoms with Gasteiger partial charge in [0.05, 0.1) is 0 Å². The molecule has 1 N–H and O–H groups in total. The van der Waals surface area contributed by atoms with Gasteiger partial charge < -0.3 is 14.9 Å². The van der Waals surface area contributed by atoms with E-state index in [1.807, 2.05) is 30.3 Å². The van der Waals surface area contributed by atoms with Crippen LogP contribution < -0.4 is 4.90 Å². The standard InChI is InChI=1S/C16H19N5O2/c1-11(20(2)3)13(15(22)23)21(4)16-18-10-17-14(19-16)12-8-6-5-7-9-12/h5-10H,1-4H3,(H,22,23). The van der Waals surface area contributed by atoms with Gasteiger partial charge in [-0.2, -0.15) is 4.98 Å². The predicted molar refractivity (Wildman–Crippen MR) is 87.7 cm³/mol. The number of aliphatic carboxylic acids is 1. The van der Waals surface area contributed by atoms with Gasteiger partial charge in [-0.1, -0.05) is 30.3 Å². The molecule has 0 bridgehead atoms. The van der Waals surface area contributed by atoms with E-state index in [2.05, 4.69) is 15.0 Å². The molecule has 120 valence electrons. The van der Waals surface area contributed by atoms with E-state index in [0.29, 0.717) is 11.5 Å². The number of hydrogen-bond donors (Lipinski definition) is 1. The van der Waals surface area contributed by atoms with E-state index in [1.165, 1.54) is 11.2 Å². The summed E-state index contributed by atoms with van der Waals surface area (Å²) in [6.45, 7) is 1.74. The summed E-state index contributed by atoms with van der Waals surface area (Å²) in [5.41, 5.74) is 1.55. The Balaban J connectivity index is 2.45. The highest BCUT2D eigenvalue weighted by Gasteiger charge is 2.21. The van der Waals surface area contributed by atoms with Crippen molar-refractivity contribution in [2.24, 2.45) is 0 Å². The van der Waals surface area contributed by atoms with Crippen LogP contribution in [0.5, 0.6) is 0 Å². The van der Waals surface area contributed by atoms with Gasteiger partial charge in [-0.15, -0.1) is 0 Å². The molecule has 1 aromatic heterocycles. The van der Waals surface area contributed by atoms with Crippen molar-refractivity contribution in [3.63, 3.8) is 0 Å². The Bertz CT molecular complexity index is 728. The van der Waals surface area contributed by atoms with Crippen molar-refractivity contribution in [3.05, 3.63) is 48.1 Å². The third-order valence-corrected chi connectivity index (χ3v) is 3.44. The largest absolute Gasteiger partial charge is 0.477 e. The molecular weight excluding hydrogens is 294 g/mol. The lowest BCUT2D eigenvalue weighted by Crippen LogP contribution is -2.29. The second-order valence-electron chi connectivity index (χ2n) is 5.17. The highest BCUT2D eigenvalue weighted by atomic mass is 16.4. The number of aromatic nitrogens is 3. The van der Waals surface area contributed by atoms with Crippen molar-refractivity contribution in [1.82, 2.24) is 19.9 Å². The van der Waals surface area contributed by atoms with Crippen LogP contribution in [0.15, 0.2) is 48.1 Å². The first kappa shape index (κ1) is 16.4. The summed E-state index contributed by atoms with van der Waals surface area (Å²) in [5.74, 6) is -0.271. The van der Waals surface area contributed by atoms with Gasteiger partial charge in [-0.3, -0.25) is 0 Å². The van der Waals surface area contributed by atoms with E-state index in [4.69, 9.17) is 0 Å². The quantitative estimate of drug-likeness (QED) is 0.843. The summed E-state index contributed by atoms with van der Waals surface area (Å²) < 4.78 is 0. The maximum atomic E-state index is 11.6. The maximum Gasteiger partial charge on any atom is 0.354 e. The molecule has 1 heterocycles. The Morgan fingerprint density at radius 2 is 1.74 bits per heavy atom. The van der Waals surface area contributed by atoms with Crippen molar-refractivity contribution >= 4 is 11.9 Å². The molecule has 0 fully saturated rings.